The van der Waals surface area contributed by atoms with Crippen molar-refractivity contribution in [2.75, 3.05) is 29.2 Å². The maximum absolute atomic E-state index is 12.5. The average Bonchev–Trinajstić information content (AvgIpc) is 3.10. The minimum atomic E-state index is -1.02. The lowest BCUT2D eigenvalue weighted by Gasteiger charge is -2.22. The maximum Gasteiger partial charge on any atom is 0.352 e. The minimum absolute atomic E-state index is 0.112. The Balaban J connectivity index is 1.74. The number of fused-ring (bicyclic) bond motifs is 1. The molecule has 0 atom stereocenters. The van der Waals surface area contributed by atoms with Crippen LogP contribution in [0.5, 0.6) is 0 Å². The van der Waals surface area contributed by atoms with Crippen LogP contribution in [-0.2, 0) is 0 Å². The number of rotatable bonds is 7. The van der Waals surface area contributed by atoms with Gasteiger partial charge in [-0.25, -0.2) is 4.79 Å². The summed E-state index contributed by atoms with van der Waals surface area (Å²) < 4.78 is 0. The van der Waals surface area contributed by atoms with Crippen LogP contribution in [0.1, 0.15) is 27.8 Å². The van der Waals surface area contributed by atoms with Crippen molar-refractivity contribution in [2.45, 2.75) is 6.92 Å². The van der Waals surface area contributed by atoms with E-state index in [0.29, 0.717) is 22.6 Å². The second kappa shape index (κ2) is 8.14. The normalized spacial score (nSPS) is 10.7. The summed E-state index contributed by atoms with van der Waals surface area (Å²) in [5.74, 6) is -0.705. The van der Waals surface area contributed by atoms with E-state index >= 15 is 0 Å². The van der Waals surface area contributed by atoms with E-state index in [1.807, 2.05) is 12.1 Å². The molecule has 6 nitrogen and oxygen atoms in total. The SMILES string of the molecule is CCN(CCCl)c1ccc(C(=O)Nc2ccc3[nH]c(C(=O)O)cc3c2)cc1. The number of H-pyrrole nitrogens is 1. The zero-order valence-corrected chi connectivity index (χ0v) is 15.6. The number of halogens is 1. The van der Waals surface area contributed by atoms with Crippen molar-refractivity contribution in [1.82, 2.24) is 4.98 Å². The maximum atomic E-state index is 12.5. The Morgan fingerprint density at radius 2 is 1.89 bits per heavy atom. The number of aromatic carboxylic acids is 1. The molecular formula is C20H20ClN3O3. The van der Waals surface area contributed by atoms with Gasteiger partial charge in [-0.2, -0.15) is 0 Å². The van der Waals surface area contributed by atoms with Gasteiger partial charge in [0.2, 0.25) is 0 Å². The van der Waals surface area contributed by atoms with E-state index in [9.17, 15) is 9.59 Å². The number of carboxylic acids is 1. The molecule has 1 heterocycles. The van der Waals surface area contributed by atoms with Crippen LogP contribution in [0.15, 0.2) is 48.5 Å². The van der Waals surface area contributed by atoms with E-state index in [4.69, 9.17) is 16.7 Å². The molecule has 0 saturated carbocycles. The van der Waals surface area contributed by atoms with Gasteiger partial charge in [0, 0.05) is 46.8 Å². The Kier molecular flexibility index (Phi) is 5.66. The van der Waals surface area contributed by atoms with Gasteiger partial charge in [-0.1, -0.05) is 0 Å². The van der Waals surface area contributed by atoms with E-state index in [1.54, 1.807) is 36.4 Å². The number of carbonyl (C=O) groups is 2. The summed E-state index contributed by atoms with van der Waals surface area (Å²) >= 11 is 5.82. The molecule has 2 aromatic carbocycles. The van der Waals surface area contributed by atoms with E-state index in [2.05, 4.69) is 22.1 Å². The lowest BCUT2D eigenvalue weighted by molar-refractivity contribution is 0.0691. The topological polar surface area (TPSA) is 85.4 Å². The van der Waals surface area contributed by atoms with E-state index in [1.165, 1.54) is 0 Å². The Morgan fingerprint density at radius 1 is 1.15 bits per heavy atom. The molecule has 3 rings (SSSR count). The molecule has 0 aliphatic rings. The summed E-state index contributed by atoms with van der Waals surface area (Å²) in [6.07, 6.45) is 0. The summed E-state index contributed by atoms with van der Waals surface area (Å²) in [7, 11) is 0. The first kappa shape index (κ1) is 18.8. The van der Waals surface area contributed by atoms with Gasteiger partial charge in [0.1, 0.15) is 5.69 Å². The monoisotopic (exact) mass is 385 g/mol. The standard InChI is InChI=1S/C20H20ClN3O3/c1-2-24(10-9-21)16-6-3-13(4-7-16)19(25)22-15-5-8-17-14(11-15)12-18(23-17)20(26)27/h3-8,11-12,23H,2,9-10H2,1H3,(H,22,25)(H,26,27). The molecule has 3 N–H and O–H groups in total. The van der Waals surface area contributed by atoms with Crippen molar-refractivity contribution in [3.8, 4) is 0 Å². The van der Waals surface area contributed by atoms with Gasteiger partial charge in [0.05, 0.1) is 0 Å². The number of anilines is 2. The number of carboxylic acid groups (broad SMARTS) is 1. The number of aromatic amines is 1. The predicted molar refractivity (Wildman–Crippen MR) is 108 cm³/mol. The number of amides is 1. The molecule has 0 spiro atoms. The zero-order valence-electron chi connectivity index (χ0n) is 14.8. The lowest BCUT2D eigenvalue weighted by atomic mass is 10.1. The first-order valence-corrected chi connectivity index (χ1v) is 9.13. The molecule has 140 valence electrons. The fourth-order valence-electron chi connectivity index (χ4n) is 2.92. The fraction of sp³-hybridized carbons (Fsp3) is 0.200. The van der Waals surface area contributed by atoms with Gasteiger partial charge in [-0.3, -0.25) is 4.79 Å². The molecule has 1 amide bonds. The lowest BCUT2D eigenvalue weighted by Crippen LogP contribution is -2.24. The number of carbonyl (C=O) groups excluding carboxylic acids is 1. The second-order valence-electron chi connectivity index (χ2n) is 6.06. The summed E-state index contributed by atoms with van der Waals surface area (Å²) in [5.41, 5.74) is 2.98. The third kappa shape index (κ3) is 4.23. The van der Waals surface area contributed by atoms with E-state index < -0.39 is 5.97 Å². The van der Waals surface area contributed by atoms with E-state index in [0.717, 1.165) is 24.2 Å². The summed E-state index contributed by atoms with van der Waals surface area (Å²) in [4.78, 5) is 28.5. The number of nitrogens with zero attached hydrogens (tertiary/aromatic N) is 1. The molecule has 3 aromatic rings. The number of aromatic nitrogens is 1. The molecule has 0 unspecified atom stereocenters. The van der Waals surface area contributed by atoms with Crippen molar-refractivity contribution in [1.29, 1.82) is 0 Å². The Hall–Kier alpha value is -2.99. The van der Waals surface area contributed by atoms with Crippen LogP contribution in [0.4, 0.5) is 11.4 Å². The molecule has 0 aliphatic carbocycles. The quantitative estimate of drug-likeness (QED) is 0.532. The molecule has 0 bridgehead atoms. The van der Waals surface area contributed by atoms with Gasteiger partial charge in [-0.15, -0.1) is 11.6 Å². The molecule has 0 saturated heterocycles. The third-order valence-electron chi connectivity index (χ3n) is 4.34. The number of alkyl halides is 1. The van der Waals surface area contributed by atoms with Crippen molar-refractivity contribution < 1.29 is 14.7 Å². The van der Waals surface area contributed by atoms with Crippen LogP contribution in [0, 0.1) is 0 Å². The van der Waals surface area contributed by atoms with Crippen LogP contribution in [-0.4, -0.2) is 40.9 Å². The van der Waals surface area contributed by atoms with Crippen LogP contribution in [0.2, 0.25) is 0 Å². The van der Waals surface area contributed by atoms with Gasteiger partial charge in [0.25, 0.3) is 5.91 Å². The number of nitrogens with one attached hydrogen (secondary N) is 2. The highest BCUT2D eigenvalue weighted by Gasteiger charge is 2.11. The molecule has 0 fully saturated rings. The fourth-order valence-corrected chi connectivity index (χ4v) is 3.13. The molecule has 27 heavy (non-hydrogen) atoms. The van der Waals surface area contributed by atoms with Crippen LogP contribution in [0.25, 0.3) is 10.9 Å². The van der Waals surface area contributed by atoms with Crippen molar-refractivity contribution in [3.05, 3.63) is 59.8 Å². The first-order chi connectivity index (χ1) is 13.0. The average molecular weight is 386 g/mol. The highest BCUT2D eigenvalue weighted by molar-refractivity contribution is 6.18. The Labute approximate surface area is 161 Å². The molecular weight excluding hydrogens is 366 g/mol. The molecule has 7 heteroatoms. The van der Waals surface area contributed by atoms with Gasteiger partial charge in [-0.05, 0) is 55.5 Å². The molecule has 0 aliphatic heterocycles. The number of hydrogen-bond donors (Lipinski definition) is 3. The third-order valence-corrected chi connectivity index (χ3v) is 4.51. The van der Waals surface area contributed by atoms with Crippen LogP contribution in [0.3, 0.4) is 0 Å². The minimum Gasteiger partial charge on any atom is -0.477 e. The van der Waals surface area contributed by atoms with Crippen molar-refractivity contribution in [2.24, 2.45) is 0 Å². The molecule has 1 aromatic heterocycles. The van der Waals surface area contributed by atoms with Crippen LogP contribution >= 0.6 is 11.6 Å². The van der Waals surface area contributed by atoms with Gasteiger partial charge in [0.15, 0.2) is 0 Å². The highest BCUT2D eigenvalue weighted by Crippen LogP contribution is 2.21. The summed E-state index contributed by atoms with van der Waals surface area (Å²) in [5, 5.41) is 12.6. The van der Waals surface area contributed by atoms with Gasteiger partial charge >= 0.3 is 5.97 Å². The number of benzene rings is 2. The van der Waals surface area contributed by atoms with E-state index in [-0.39, 0.29) is 11.6 Å². The Bertz CT molecular complexity index is 966. The largest absolute Gasteiger partial charge is 0.477 e. The Morgan fingerprint density at radius 3 is 2.52 bits per heavy atom. The number of hydrogen-bond acceptors (Lipinski definition) is 3. The zero-order chi connectivity index (χ0) is 19.4. The highest BCUT2D eigenvalue weighted by atomic mass is 35.5. The summed E-state index contributed by atoms with van der Waals surface area (Å²) in [6, 6.07) is 14.1. The van der Waals surface area contributed by atoms with Crippen LogP contribution < -0.4 is 10.2 Å². The second-order valence-corrected chi connectivity index (χ2v) is 6.44. The predicted octanol–water partition coefficient (Wildman–Crippen LogP) is 4.18. The smallest absolute Gasteiger partial charge is 0.352 e. The van der Waals surface area contributed by atoms with Crippen molar-refractivity contribution in [3.63, 3.8) is 0 Å². The molecule has 0 radical (unpaired) electrons. The van der Waals surface area contributed by atoms with Crippen molar-refractivity contribution >= 4 is 45.8 Å². The first-order valence-electron chi connectivity index (χ1n) is 8.60. The van der Waals surface area contributed by atoms with Gasteiger partial charge < -0.3 is 20.3 Å². The summed E-state index contributed by atoms with van der Waals surface area (Å²) in [6.45, 7) is 3.64.